The lowest BCUT2D eigenvalue weighted by Gasteiger charge is -2.41. The highest BCUT2D eigenvalue weighted by atomic mass is 16.5. The molecule has 2 saturated heterocycles. The van der Waals surface area contributed by atoms with E-state index in [0.29, 0.717) is 44.3 Å². The summed E-state index contributed by atoms with van der Waals surface area (Å²) in [5.41, 5.74) is 0.0141. The minimum Gasteiger partial charge on any atom is -0.497 e. The van der Waals surface area contributed by atoms with Crippen molar-refractivity contribution in [1.29, 1.82) is 0 Å². The average Bonchev–Trinajstić information content (AvgIpc) is 2.73. The van der Waals surface area contributed by atoms with Crippen molar-refractivity contribution < 1.29 is 19.1 Å². The summed E-state index contributed by atoms with van der Waals surface area (Å²) in [7, 11) is 3.24. The number of benzene rings is 1. The Morgan fingerprint density at radius 3 is 2.23 bits per heavy atom. The van der Waals surface area contributed by atoms with Gasteiger partial charge < -0.3 is 19.7 Å². The van der Waals surface area contributed by atoms with Crippen LogP contribution in [0.2, 0.25) is 0 Å². The number of ether oxygens (including phenoxy) is 2. The summed E-state index contributed by atoms with van der Waals surface area (Å²) >= 11 is 0. The van der Waals surface area contributed by atoms with Gasteiger partial charge in [-0.15, -0.1) is 0 Å². The summed E-state index contributed by atoms with van der Waals surface area (Å²) in [5, 5.41) is 3.28. The number of Topliss-reactive ketones (excluding diaryl/α,β-unsaturated/α-hetero) is 1. The first-order chi connectivity index (χ1) is 12.6. The third-order valence-corrected chi connectivity index (χ3v) is 5.72. The molecule has 0 saturated carbocycles. The second-order valence-corrected chi connectivity index (χ2v) is 7.11. The van der Waals surface area contributed by atoms with Gasteiger partial charge in [-0.3, -0.25) is 9.59 Å². The van der Waals surface area contributed by atoms with E-state index in [0.717, 1.165) is 18.8 Å². The molecule has 0 aromatic heterocycles. The van der Waals surface area contributed by atoms with Crippen molar-refractivity contribution >= 4 is 11.7 Å². The normalized spacial score (nSPS) is 20.6. The Bertz CT molecular complexity index is 630. The van der Waals surface area contributed by atoms with Gasteiger partial charge in [0.2, 0.25) is 0 Å². The number of hydrogen-bond acceptors (Lipinski definition) is 5. The molecule has 2 heterocycles. The smallest absolute Gasteiger partial charge is 0.254 e. The molecule has 0 radical (unpaired) electrons. The maximum Gasteiger partial charge on any atom is 0.254 e. The van der Waals surface area contributed by atoms with Crippen LogP contribution in [0.25, 0.3) is 0 Å². The molecule has 6 heteroatoms. The highest BCUT2D eigenvalue weighted by molar-refractivity contribution is 5.98. The molecule has 0 spiro atoms. The van der Waals surface area contributed by atoms with Crippen LogP contribution >= 0.6 is 0 Å². The molecular formula is C20H28N2O4. The van der Waals surface area contributed by atoms with Gasteiger partial charge in [0.05, 0.1) is 7.11 Å². The minimum absolute atomic E-state index is 0.0287. The van der Waals surface area contributed by atoms with Crippen LogP contribution in [-0.2, 0) is 9.53 Å². The van der Waals surface area contributed by atoms with Gasteiger partial charge >= 0.3 is 0 Å². The molecule has 1 aromatic rings. The van der Waals surface area contributed by atoms with Gasteiger partial charge in [-0.2, -0.15) is 0 Å². The second-order valence-electron chi connectivity index (χ2n) is 7.11. The number of carbonyl (C=O) groups is 2. The number of nitrogens with zero attached hydrogens (tertiary/aromatic N) is 1. The fraction of sp³-hybridized carbons (Fsp3) is 0.600. The number of likely N-dealkylation sites (tertiary alicyclic amines) is 1. The Balaban J connectivity index is 1.59. The van der Waals surface area contributed by atoms with Crippen molar-refractivity contribution in [2.45, 2.75) is 31.3 Å². The molecule has 2 aliphatic rings. The number of hydrogen-bond donors (Lipinski definition) is 1. The van der Waals surface area contributed by atoms with E-state index in [1.807, 2.05) is 29.2 Å². The Hall–Kier alpha value is -1.92. The highest BCUT2D eigenvalue weighted by Gasteiger charge is 2.43. The van der Waals surface area contributed by atoms with Crippen molar-refractivity contribution in [1.82, 2.24) is 10.2 Å². The quantitative estimate of drug-likeness (QED) is 0.812. The van der Waals surface area contributed by atoms with Gasteiger partial charge in [0.15, 0.2) is 5.78 Å². The van der Waals surface area contributed by atoms with Crippen molar-refractivity contribution in [3.05, 3.63) is 29.8 Å². The van der Waals surface area contributed by atoms with E-state index in [1.54, 1.807) is 14.2 Å². The number of methoxy groups -OCH3 is 2. The van der Waals surface area contributed by atoms with Crippen LogP contribution in [0.15, 0.2) is 24.3 Å². The zero-order valence-corrected chi connectivity index (χ0v) is 15.6. The van der Waals surface area contributed by atoms with Crippen LogP contribution < -0.4 is 10.1 Å². The molecule has 0 aliphatic carbocycles. The first-order valence-electron chi connectivity index (χ1n) is 9.33. The molecule has 0 atom stereocenters. The standard InChI is InChI=1S/C20H28N2O4/c1-25-17-5-3-15(4-6-17)18(23)16-7-13-22(14-8-16)19(24)20(26-2)9-11-21-12-10-20/h3-6,16,21H,7-14H2,1-2H3. The van der Waals surface area contributed by atoms with Gasteiger partial charge in [-0.05, 0) is 63.0 Å². The zero-order chi connectivity index (χ0) is 18.6. The summed E-state index contributed by atoms with van der Waals surface area (Å²) in [6.45, 7) is 2.83. The fourth-order valence-electron chi connectivity index (χ4n) is 3.96. The SMILES string of the molecule is COc1ccc(C(=O)C2CCN(C(=O)C3(OC)CCNCC3)CC2)cc1. The molecule has 0 bridgehead atoms. The van der Waals surface area contributed by atoms with Crippen molar-refractivity contribution in [3.8, 4) is 5.75 Å². The highest BCUT2D eigenvalue weighted by Crippen LogP contribution is 2.29. The van der Waals surface area contributed by atoms with Gasteiger partial charge in [-0.1, -0.05) is 0 Å². The van der Waals surface area contributed by atoms with Crippen LogP contribution in [0, 0.1) is 5.92 Å². The lowest BCUT2D eigenvalue weighted by Crippen LogP contribution is -2.56. The van der Waals surface area contributed by atoms with Gasteiger partial charge in [0.25, 0.3) is 5.91 Å². The van der Waals surface area contributed by atoms with Crippen molar-refractivity contribution in [2.24, 2.45) is 5.92 Å². The van der Waals surface area contributed by atoms with E-state index in [-0.39, 0.29) is 17.6 Å². The van der Waals surface area contributed by atoms with Crippen molar-refractivity contribution in [3.63, 3.8) is 0 Å². The van der Waals surface area contributed by atoms with E-state index in [2.05, 4.69) is 5.32 Å². The van der Waals surface area contributed by atoms with E-state index in [9.17, 15) is 9.59 Å². The van der Waals surface area contributed by atoms with E-state index < -0.39 is 5.60 Å². The number of carbonyl (C=O) groups excluding carboxylic acids is 2. The van der Waals surface area contributed by atoms with Gasteiger partial charge in [-0.25, -0.2) is 0 Å². The summed E-state index contributed by atoms with van der Waals surface area (Å²) in [4.78, 5) is 27.6. The van der Waals surface area contributed by atoms with Crippen LogP contribution in [0.5, 0.6) is 5.75 Å². The Kier molecular flexibility index (Phi) is 5.94. The predicted molar refractivity (Wildman–Crippen MR) is 98.5 cm³/mol. The molecular weight excluding hydrogens is 332 g/mol. The summed E-state index contributed by atoms with van der Waals surface area (Å²) in [6.07, 6.45) is 2.81. The monoisotopic (exact) mass is 360 g/mol. The molecule has 1 N–H and O–H groups in total. The topological polar surface area (TPSA) is 67.9 Å². The van der Waals surface area contributed by atoms with Crippen molar-refractivity contribution in [2.75, 3.05) is 40.4 Å². The van der Waals surface area contributed by atoms with Crippen LogP contribution in [0.3, 0.4) is 0 Å². The molecule has 3 rings (SSSR count). The second kappa shape index (κ2) is 8.18. The molecule has 142 valence electrons. The molecule has 0 unspecified atom stereocenters. The third-order valence-electron chi connectivity index (χ3n) is 5.72. The molecule has 1 amide bonds. The van der Waals surface area contributed by atoms with E-state index in [4.69, 9.17) is 9.47 Å². The Labute approximate surface area is 154 Å². The molecule has 2 aliphatic heterocycles. The Morgan fingerprint density at radius 1 is 1.08 bits per heavy atom. The number of nitrogens with one attached hydrogen (secondary N) is 1. The first kappa shape index (κ1) is 18.9. The minimum atomic E-state index is -0.696. The lowest BCUT2D eigenvalue weighted by atomic mass is 9.86. The van der Waals surface area contributed by atoms with Gasteiger partial charge in [0, 0.05) is 31.7 Å². The van der Waals surface area contributed by atoms with E-state index in [1.165, 1.54) is 0 Å². The molecule has 2 fully saturated rings. The maximum atomic E-state index is 13.0. The van der Waals surface area contributed by atoms with Crippen LogP contribution in [-0.4, -0.2) is 62.6 Å². The largest absolute Gasteiger partial charge is 0.497 e. The molecule has 26 heavy (non-hydrogen) atoms. The maximum absolute atomic E-state index is 13.0. The molecule has 1 aromatic carbocycles. The van der Waals surface area contributed by atoms with Crippen LogP contribution in [0.1, 0.15) is 36.0 Å². The number of piperidine rings is 2. The average molecular weight is 360 g/mol. The summed E-state index contributed by atoms with van der Waals surface area (Å²) in [5.74, 6) is 0.952. The number of rotatable bonds is 5. The molecule has 6 nitrogen and oxygen atoms in total. The lowest BCUT2D eigenvalue weighted by molar-refractivity contribution is -0.159. The Morgan fingerprint density at radius 2 is 1.69 bits per heavy atom. The first-order valence-corrected chi connectivity index (χ1v) is 9.33. The third kappa shape index (κ3) is 3.76. The van der Waals surface area contributed by atoms with Gasteiger partial charge in [0.1, 0.15) is 11.4 Å². The summed E-state index contributed by atoms with van der Waals surface area (Å²) < 4.78 is 10.8. The van der Waals surface area contributed by atoms with Crippen LogP contribution in [0.4, 0.5) is 0 Å². The fourth-order valence-corrected chi connectivity index (χ4v) is 3.96. The van der Waals surface area contributed by atoms with E-state index >= 15 is 0 Å². The summed E-state index contributed by atoms with van der Waals surface area (Å²) in [6, 6.07) is 7.25. The zero-order valence-electron chi connectivity index (χ0n) is 15.6. The number of amides is 1. The number of ketones is 1. The predicted octanol–water partition coefficient (Wildman–Crippen LogP) is 1.89.